The van der Waals surface area contributed by atoms with E-state index in [1.807, 2.05) is 12.2 Å². The van der Waals surface area contributed by atoms with Crippen LogP contribution in [0.15, 0.2) is 60.7 Å². The van der Waals surface area contributed by atoms with Crippen molar-refractivity contribution in [2.45, 2.75) is 19.5 Å². The van der Waals surface area contributed by atoms with Crippen LogP contribution in [0, 0.1) is 6.08 Å². The van der Waals surface area contributed by atoms with Gasteiger partial charge in [-0.25, -0.2) is 12.2 Å². The van der Waals surface area contributed by atoms with Crippen LogP contribution >= 0.6 is 0 Å². The molecule has 0 amide bonds. The largest absolute Gasteiger partial charge is 0.483 e. The maximum Gasteiger partial charge on any atom is 0.290 e. The Labute approximate surface area is 155 Å². The molecule has 0 aliphatic heterocycles. The molecule has 2 aromatic rings. The van der Waals surface area contributed by atoms with Crippen molar-refractivity contribution in [1.29, 1.82) is 0 Å². The van der Waals surface area contributed by atoms with E-state index in [4.69, 9.17) is 19.8 Å². The Bertz CT molecular complexity index is 582. The van der Waals surface area contributed by atoms with Crippen molar-refractivity contribution in [2.75, 3.05) is 0 Å². The van der Waals surface area contributed by atoms with E-state index in [1.165, 1.54) is 10.8 Å². The third-order valence-corrected chi connectivity index (χ3v) is 2.13. The van der Waals surface area contributed by atoms with Crippen LogP contribution in [0.2, 0.25) is 13.1 Å². The monoisotopic (exact) mass is 378 g/mol. The average molecular weight is 378 g/mol. The molecule has 3 rings (SSSR count). The van der Waals surface area contributed by atoms with Gasteiger partial charge >= 0.3 is 38.5 Å². The number of carboxylic acid groups (broad SMARTS) is 2. The Morgan fingerprint density at radius 3 is 2.08 bits per heavy atom. The van der Waals surface area contributed by atoms with Gasteiger partial charge in [-0.05, 0) is 0 Å². The number of carbonyl (C=O) groups is 2. The first kappa shape index (κ1) is 24.4. The minimum atomic E-state index is -0.250. The van der Waals surface area contributed by atoms with Crippen molar-refractivity contribution in [3.05, 3.63) is 66.8 Å². The molecule has 0 radical (unpaired) electrons. The third-order valence-electron chi connectivity index (χ3n) is 2.13. The molecule has 0 saturated heterocycles. The quantitative estimate of drug-likeness (QED) is 0.412. The number of hydrogen-bond acceptors (Lipinski definition) is 2. The minimum Gasteiger partial charge on any atom is -0.483 e. The Kier molecular flexibility index (Phi) is 19.6. The predicted molar refractivity (Wildman–Crippen MR) is 96.0 cm³/mol. The summed E-state index contributed by atoms with van der Waals surface area (Å²) in [5, 5.41) is 16.4. The first-order valence-electron chi connectivity index (χ1n) is 7.03. The summed E-state index contributed by atoms with van der Waals surface area (Å²) in [6, 6.07) is 14.7. The molecule has 0 atom stereocenters. The van der Waals surface area contributed by atoms with Gasteiger partial charge in [0.1, 0.15) is 0 Å². The van der Waals surface area contributed by atoms with Crippen molar-refractivity contribution in [3.63, 3.8) is 0 Å². The zero-order valence-electron chi connectivity index (χ0n) is 13.8. The van der Waals surface area contributed by atoms with E-state index in [9.17, 15) is 0 Å². The smallest absolute Gasteiger partial charge is 0.290 e. The van der Waals surface area contributed by atoms with Gasteiger partial charge in [0.25, 0.3) is 12.9 Å². The van der Waals surface area contributed by atoms with Gasteiger partial charge in [-0.3, -0.25) is 15.7 Å². The molecule has 0 saturated carbocycles. The van der Waals surface area contributed by atoms with Gasteiger partial charge in [-0.1, -0.05) is 6.07 Å². The van der Waals surface area contributed by atoms with Crippen LogP contribution in [0.25, 0.3) is 10.8 Å². The normalized spacial score (nSPS) is 9.67. The van der Waals surface area contributed by atoms with E-state index in [1.54, 1.807) is 0 Å². The van der Waals surface area contributed by atoms with Crippen LogP contribution in [-0.4, -0.2) is 29.3 Å². The van der Waals surface area contributed by atoms with Crippen LogP contribution < -0.4 is 0 Å². The topological polar surface area (TPSA) is 74.6 Å². The van der Waals surface area contributed by atoms with Crippen molar-refractivity contribution in [2.24, 2.45) is 0 Å². The van der Waals surface area contributed by atoms with Crippen LogP contribution in [0.3, 0.4) is 0 Å². The maximum atomic E-state index is 8.36. The molecule has 1 aliphatic carbocycles. The van der Waals surface area contributed by atoms with Crippen molar-refractivity contribution in [3.8, 4) is 0 Å². The molecule has 0 aromatic heterocycles. The van der Waals surface area contributed by atoms with Gasteiger partial charge < -0.3 is 10.2 Å². The fourth-order valence-electron chi connectivity index (χ4n) is 1.41. The minimum absolute atomic E-state index is 0.120. The summed E-state index contributed by atoms with van der Waals surface area (Å²) < 4.78 is 0. The van der Waals surface area contributed by atoms with E-state index in [2.05, 4.69) is 86.9 Å². The molecule has 0 fully saturated rings. The number of allylic oxidation sites excluding steroid dienone is 4. The molecule has 24 heavy (non-hydrogen) atoms. The fourth-order valence-corrected chi connectivity index (χ4v) is 1.41. The summed E-state index contributed by atoms with van der Waals surface area (Å²) in [6.45, 7) is 4.04. The Morgan fingerprint density at radius 1 is 1.17 bits per heavy atom. The van der Waals surface area contributed by atoms with Gasteiger partial charge in [-0.15, -0.1) is 36.1 Å². The van der Waals surface area contributed by atoms with E-state index < -0.39 is 0 Å². The average Bonchev–Trinajstić information content (AvgIpc) is 3.23. The predicted octanol–water partition coefficient (Wildman–Crippen LogP) is 4.05. The second-order valence-corrected chi connectivity index (χ2v) is 11.1. The molecular weight excluding hydrogens is 356 g/mol. The second kappa shape index (κ2) is 19.2. The standard InChI is InChI=1S/C9H7.C5H5.C2H6Si.2CH2O2.Ti/c1-2-5-9-7-3-6-8(9)4-1;1-2-4-5-3-1;1-3-2;2*2-1-3;/h1-7H;1-3H,4H2;1-2H3;2*1H,(H,2,3);/q2*-1;;;;+2. The summed E-state index contributed by atoms with van der Waals surface area (Å²) in [4.78, 5) is 16.7. The molecule has 4 nitrogen and oxygen atoms in total. The van der Waals surface area contributed by atoms with Gasteiger partial charge in [0.2, 0.25) is 0 Å². The summed E-state index contributed by atoms with van der Waals surface area (Å²) in [7, 11) is 0. The van der Waals surface area contributed by atoms with Gasteiger partial charge in [0, 0.05) is 0 Å². The zero-order valence-corrected chi connectivity index (χ0v) is 16.4. The van der Waals surface area contributed by atoms with Crippen molar-refractivity contribution in [1.82, 2.24) is 0 Å². The Morgan fingerprint density at radius 2 is 1.71 bits per heavy atom. The van der Waals surface area contributed by atoms with E-state index in [0.717, 1.165) is 6.42 Å². The molecule has 0 unspecified atom stereocenters. The number of rotatable bonds is 0. The molecule has 0 bridgehead atoms. The third kappa shape index (κ3) is 18.2. The summed E-state index contributed by atoms with van der Waals surface area (Å²) in [5.74, 6) is 0. The molecule has 126 valence electrons. The zero-order chi connectivity index (χ0) is 18.6. The van der Waals surface area contributed by atoms with Gasteiger partial charge in [0.05, 0.1) is 0 Å². The van der Waals surface area contributed by atoms with E-state index in [0.29, 0.717) is 0 Å². The molecule has 2 N–H and O–H groups in total. The Hall–Kier alpha value is -1.82. The van der Waals surface area contributed by atoms with Gasteiger partial charge in [-0.2, -0.15) is 23.6 Å². The van der Waals surface area contributed by atoms with E-state index >= 15 is 0 Å². The van der Waals surface area contributed by atoms with Gasteiger partial charge in [0.15, 0.2) is 0 Å². The van der Waals surface area contributed by atoms with Crippen LogP contribution in [0.1, 0.15) is 6.42 Å². The SMILES string of the molecule is C[Si](C)=[Ti+2].O=CO.O=CO.[C-]1=CC=CC1.c1ccc2[cH-]ccc2c1. The number of benzene rings is 1. The Balaban J connectivity index is 0. The molecule has 0 heterocycles. The van der Waals surface area contributed by atoms with Crippen LogP contribution in [-0.2, 0) is 28.8 Å². The molecule has 6 heteroatoms. The first-order valence-corrected chi connectivity index (χ1v) is 11.9. The van der Waals surface area contributed by atoms with Crippen LogP contribution in [0.5, 0.6) is 0 Å². The first-order chi connectivity index (χ1) is 11.5. The fraction of sp³-hybridized carbons (Fsp3) is 0.167. The summed E-state index contributed by atoms with van der Waals surface area (Å²) >= 11 is 2.27. The maximum absolute atomic E-state index is 8.36. The molecule has 0 spiro atoms. The molecular formula is C18H22O4SiTi. The van der Waals surface area contributed by atoms with Crippen molar-refractivity contribution >= 4 is 29.9 Å². The molecule has 1 aliphatic rings. The number of fused-ring (bicyclic) bond motifs is 1. The second-order valence-electron chi connectivity index (χ2n) is 4.37. The number of hydrogen-bond donors (Lipinski definition) is 2. The summed E-state index contributed by atoms with van der Waals surface area (Å²) in [6.07, 6.45) is 10.1. The molecule has 2 aromatic carbocycles. The van der Waals surface area contributed by atoms with Crippen molar-refractivity contribution < 1.29 is 39.0 Å². The van der Waals surface area contributed by atoms with Crippen LogP contribution in [0.4, 0.5) is 0 Å². The summed E-state index contributed by atoms with van der Waals surface area (Å²) in [5.41, 5.74) is 0. The van der Waals surface area contributed by atoms with E-state index in [-0.39, 0.29) is 19.1 Å².